The van der Waals surface area contributed by atoms with Crippen molar-refractivity contribution < 1.29 is 14.1 Å². The molecule has 3 rings (SSSR count). The first-order chi connectivity index (χ1) is 10.9. The zero-order valence-corrected chi connectivity index (χ0v) is 15.1. The Morgan fingerprint density at radius 2 is 2.17 bits per heavy atom. The number of anilines is 1. The zero-order valence-electron chi connectivity index (χ0n) is 13.5. The molecule has 122 valence electrons. The zero-order chi connectivity index (χ0) is 16.8. The van der Waals surface area contributed by atoms with Gasteiger partial charge in [0.15, 0.2) is 11.6 Å². The summed E-state index contributed by atoms with van der Waals surface area (Å²) in [6.07, 6.45) is 1.94. The van der Waals surface area contributed by atoms with Crippen molar-refractivity contribution in [1.82, 2.24) is 5.16 Å². The van der Waals surface area contributed by atoms with Crippen LogP contribution in [0.4, 0.5) is 5.82 Å². The van der Waals surface area contributed by atoms with Gasteiger partial charge in [-0.25, -0.2) is 5.26 Å². The van der Waals surface area contributed by atoms with Crippen molar-refractivity contribution in [1.29, 1.82) is 5.26 Å². The molecule has 6 nitrogen and oxygen atoms in total. The molecule has 0 aliphatic carbocycles. The van der Waals surface area contributed by atoms with Crippen molar-refractivity contribution in [3.05, 3.63) is 10.2 Å². The Kier molecular flexibility index (Phi) is 4.17. The number of nitriles is 1. The highest BCUT2D eigenvalue weighted by molar-refractivity contribution is 9.10. The van der Waals surface area contributed by atoms with Crippen LogP contribution >= 0.6 is 15.9 Å². The first-order valence-corrected chi connectivity index (χ1v) is 8.57. The van der Waals surface area contributed by atoms with Crippen LogP contribution in [0.2, 0.25) is 12.6 Å². The van der Waals surface area contributed by atoms with Gasteiger partial charge < -0.3 is 14.2 Å². The van der Waals surface area contributed by atoms with Crippen LogP contribution in [-0.2, 0) is 9.53 Å². The number of ether oxygens (including phenoxy) is 1. The molecule has 1 atom stereocenters. The van der Waals surface area contributed by atoms with E-state index < -0.39 is 5.92 Å². The van der Waals surface area contributed by atoms with Gasteiger partial charge in [0.25, 0.3) is 6.71 Å². The van der Waals surface area contributed by atoms with Crippen molar-refractivity contribution in [2.75, 3.05) is 25.1 Å². The van der Waals surface area contributed by atoms with E-state index in [4.69, 9.17) is 14.5 Å². The second kappa shape index (κ2) is 5.86. The van der Waals surface area contributed by atoms with E-state index in [0.717, 1.165) is 36.0 Å². The molecular weight excluding hydrogens is 361 g/mol. The van der Waals surface area contributed by atoms with Crippen molar-refractivity contribution in [2.24, 2.45) is 11.3 Å². The predicted octanol–water partition coefficient (Wildman–Crippen LogP) is 2.73. The lowest BCUT2D eigenvalue weighted by atomic mass is 9.26. The molecule has 1 spiro atoms. The third kappa shape index (κ3) is 2.65. The predicted molar refractivity (Wildman–Crippen MR) is 89.4 cm³/mol. The Hall–Kier alpha value is -1.49. The average molecular weight is 380 g/mol. The van der Waals surface area contributed by atoms with Crippen LogP contribution < -0.4 is 4.90 Å². The van der Waals surface area contributed by atoms with Crippen LogP contribution in [0.5, 0.6) is 0 Å². The summed E-state index contributed by atoms with van der Waals surface area (Å²) in [5.74, 6) is 2.84. The lowest BCUT2D eigenvalue weighted by Gasteiger charge is -2.57. The summed E-state index contributed by atoms with van der Waals surface area (Å²) in [6, 6.07) is 0. The number of halogens is 1. The molecule has 0 amide bonds. The molecule has 1 aromatic rings. The summed E-state index contributed by atoms with van der Waals surface area (Å²) in [6.45, 7) is 5.88. The molecule has 0 saturated carbocycles. The first-order valence-electron chi connectivity index (χ1n) is 7.78. The van der Waals surface area contributed by atoms with E-state index in [0.29, 0.717) is 5.76 Å². The molecule has 2 saturated heterocycles. The minimum absolute atomic E-state index is 0.0466. The second-order valence-corrected chi connectivity index (χ2v) is 7.81. The van der Waals surface area contributed by atoms with E-state index in [1.165, 1.54) is 7.11 Å². The molecule has 2 aliphatic heterocycles. The Balaban J connectivity index is 1.74. The van der Waals surface area contributed by atoms with Gasteiger partial charge in [-0.1, -0.05) is 31.6 Å². The van der Waals surface area contributed by atoms with Crippen LogP contribution in [0.1, 0.15) is 25.5 Å². The van der Waals surface area contributed by atoms with Gasteiger partial charge in [0, 0.05) is 19.1 Å². The number of aromatic nitrogens is 1. The third-order valence-corrected chi connectivity index (χ3v) is 5.69. The van der Waals surface area contributed by atoms with Crippen molar-refractivity contribution in [3.8, 4) is 5.97 Å². The van der Waals surface area contributed by atoms with Crippen molar-refractivity contribution >= 4 is 34.4 Å². The third-order valence-electron chi connectivity index (χ3n) is 4.94. The number of nitrogens with zero attached hydrogens (tertiary/aromatic N) is 3. The van der Waals surface area contributed by atoms with Crippen LogP contribution in [0.25, 0.3) is 0 Å². The first kappa shape index (κ1) is 16.4. The molecule has 1 aromatic heterocycles. The summed E-state index contributed by atoms with van der Waals surface area (Å²) in [4.78, 5) is 14.2. The highest BCUT2D eigenvalue weighted by atomic mass is 79.9. The van der Waals surface area contributed by atoms with Gasteiger partial charge in [0.05, 0.1) is 7.11 Å². The van der Waals surface area contributed by atoms with E-state index in [1.807, 2.05) is 13.8 Å². The molecule has 0 N–H and O–H groups in total. The number of carbonyl (C=O) groups excluding carboxylic acids is 1. The minimum atomic E-state index is -0.475. The fourth-order valence-corrected chi connectivity index (χ4v) is 4.37. The van der Waals surface area contributed by atoms with Gasteiger partial charge in [-0.15, -0.1) is 0 Å². The number of esters is 1. The Bertz CT molecular complexity index is 655. The minimum Gasteiger partial charge on any atom is -0.468 e. The van der Waals surface area contributed by atoms with E-state index >= 15 is 0 Å². The molecule has 2 fully saturated rings. The van der Waals surface area contributed by atoms with Crippen LogP contribution in [0.3, 0.4) is 0 Å². The van der Waals surface area contributed by atoms with Gasteiger partial charge in [-0.05, 0) is 27.3 Å². The number of hydrogen-bond acceptors (Lipinski definition) is 6. The summed E-state index contributed by atoms with van der Waals surface area (Å²) in [5.41, 5.74) is 0.277. The normalized spacial score (nSPS) is 20.0. The fourth-order valence-electron chi connectivity index (χ4n) is 3.73. The molecule has 1 unspecified atom stereocenters. The summed E-state index contributed by atoms with van der Waals surface area (Å²) in [5, 5.41) is 13.1. The number of methoxy groups -OCH3 is 1. The maximum absolute atomic E-state index is 12.0. The van der Waals surface area contributed by atoms with Crippen molar-refractivity contribution in [2.45, 2.75) is 32.4 Å². The molecule has 0 aromatic carbocycles. The molecular formula is C15H19BBrN3O3. The van der Waals surface area contributed by atoms with E-state index in [-0.39, 0.29) is 24.0 Å². The average Bonchev–Trinajstić information content (AvgIpc) is 2.78. The highest BCUT2D eigenvalue weighted by Crippen LogP contribution is 2.51. The van der Waals surface area contributed by atoms with Crippen LogP contribution in [-0.4, -0.2) is 38.0 Å². The van der Waals surface area contributed by atoms with Gasteiger partial charge in [-0.3, -0.25) is 4.79 Å². The van der Waals surface area contributed by atoms with E-state index in [2.05, 4.69) is 32.0 Å². The SMILES string of the molecule is COC(=O)C(c1onc(N2CC3(CB(C#N)C3)C2)c1Br)C(C)C. The van der Waals surface area contributed by atoms with Crippen LogP contribution in [0, 0.1) is 22.6 Å². The van der Waals surface area contributed by atoms with Crippen molar-refractivity contribution in [3.63, 3.8) is 0 Å². The lowest BCUT2D eigenvalue weighted by Crippen LogP contribution is -2.64. The van der Waals surface area contributed by atoms with Gasteiger partial charge in [0.2, 0.25) is 0 Å². The number of hydrogen-bond donors (Lipinski definition) is 0. The maximum atomic E-state index is 12.0. The van der Waals surface area contributed by atoms with Gasteiger partial charge in [-0.2, -0.15) is 0 Å². The monoisotopic (exact) mass is 379 g/mol. The highest BCUT2D eigenvalue weighted by Gasteiger charge is 2.55. The standard InChI is InChI=1S/C15H19BBrN3O3/c1-9(2)10(14(21)22-3)12-11(17)13(19-23-12)20-6-15(7-20)4-16(5-15)8-18/h9-10H,4-7H2,1-3H3. The second-order valence-electron chi connectivity index (χ2n) is 7.02. The summed E-state index contributed by atoms with van der Waals surface area (Å²) < 4.78 is 11.1. The number of carbonyl (C=O) groups is 1. The molecule has 2 aliphatic rings. The molecule has 23 heavy (non-hydrogen) atoms. The molecule has 0 radical (unpaired) electrons. The molecule has 0 bridgehead atoms. The smallest absolute Gasteiger partial charge is 0.316 e. The van der Waals surface area contributed by atoms with E-state index in [9.17, 15) is 4.79 Å². The van der Waals surface area contributed by atoms with Crippen LogP contribution in [0.15, 0.2) is 9.00 Å². The summed E-state index contributed by atoms with van der Waals surface area (Å²) in [7, 11) is 1.38. The Morgan fingerprint density at radius 3 is 2.70 bits per heavy atom. The van der Waals surface area contributed by atoms with Gasteiger partial charge in [0.1, 0.15) is 10.4 Å². The quantitative estimate of drug-likeness (QED) is 0.591. The lowest BCUT2D eigenvalue weighted by molar-refractivity contribution is -0.144. The Morgan fingerprint density at radius 1 is 1.52 bits per heavy atom. The summed E-state index contributed by atoms with van der Waals surface area (Å²) >= 11 is 3.54. The molecule has 8 heteroatoms. The topological polar surface area (TPSA) is 79.4 Å². The fraction of sp³-hybridized carbons (Fsp3) is 0.667. The Labute approximate surface area is 144 Å². The van der Waals surface area contributed by atoms with Gasteiger partial charge >= 0.3 is 5.97 Å². The largest absolute Gasteiger partial charge is 0.468 e. The van der Waals surface area contributed by atoms with E-state index in [1.54, 1.807) is 0 Å². The number of rotatable bonds is 4. The molecule has 3 heterocycles. The maximum Gasteiger partial charge on any atom is 0.316 e.